The maximum atomic E-state index is 14.4. The summed E-state index contributed by atoms with van der Waals surface area (Å²) in [6, 6.07) is 12.3. The van der Waals surface area contributed by atoms with Gasteiger partial charge in [-0.05, 0) is 55.2 Å². The van der Waals surface area contributed by atoms with Gasteiger partial charge in [-0.2, -0.15) is 0 Å². The molecule has 1 N–H and O–H groups in total. The third-order valence-corrected chi connectivity index (χ3v) is 6.67. The van der Waals surface area contributed by atoms with Crippen molar-refractivity contribution >= 4 is 35.0 Å². The number of carbonyl (C=O) groups is 2. The molecule has 2 unspecified atom stereocenters. The summed E-state index contributed by atoms with van der Waals surface area (Å²) in [6.45, 7) is 6.05. The summed E-state index contributed by atoms with van der Waals surface area (Å²) in [4.78, 5) is 26.6. The number of hydrogen-bond donors (Lipinski definition) is 1. The van der Waals surface area contributed by atoms with Gasteiger partial charge in [0.15, 0.2) is 0 Å². The molecular formula is C24H29FN2O2S. The molecule has 1 aliphatic rings. The van der Waals surface area contributed by atoms with Crippen molar-refractivity contribution < 1.29 is 14.0 Å². The predicted molar refractivity (Wildman–Crippen MR) is 122 cm³/mol. The van der Waals surface area contributed by atoms with E-state index in [4.69, 9.17) is 0 Å². The summed E-state index contributed by atoms with van der Waals surface area (Å²) < 4.78 is 14.4. The topological polar surface area (TPSA) is 49.4 Å². The van der Waals surface area contributed by atoms with E-state index in [-0.39, 0.29) is 23.1 Å². The molecule has 3 rings (SSSR count). The first kappa shape index (κ1) is 22.3. The maximum Gasteiger partial charge on any atom is 0.238 e. The summed E-state index contributed by atoms with van der Waals surface area (Å²) in [5.74, 6) is -0.122. The Labute approximate surface area is 182 Å². The zero-order chi connectivity index (χ0) is 21.7. The van der Waals surface area contributed by atoms with Crippen LogP contribution in [0.15, 0.2) is 42.5 Å². The third kappa shape index (κ3) is 5.04. The van der Waals surface area contributed by atoms with Crippen LogP contribution in [0.3, 0.4) is 0 Å². The number of halogens is 1. The normalized spacial score (nSPS) is 17.3. The number of unbranched alkanes of at least 4 members (excludes halogenated alkanes) is 1. The molecule has 2 aromatic carbocycles. The van der Waals surface area contributed by atoms with Crippen LogP contribution in [-0.2, 0) is 9.59 Å². The Morgan fingerprint density at radius 2 is 1.97 bits per heavy atom. The van der Waals surface area contributed by atoms with E-state index < -0.39 is 5.82 Å². The van der Waals surface area contributed by atoms with Gasteiger partial charge in [0, 0.05) is 11.6 Å². The molecule has 2 aromatic rings. The highest BCUT2D eigenvalue weighted by Crippen LogP contribution is 2.43. The largest absolute Gasteiger partial charge is 0.326 e. The van der Waals surface area contributed by atoms with E-state index in [0.29, 0.717) is 11.4 Å². The second kappa shape index (κ2) is 10.1. The van der Waals surface area contributed by atoms with Crippen molar-refractivity contribution in [3.8, 4) is 0 Å². The van der Waals surface area contributed by atoms with Crippen molar-refractivity contribution in [1.29, 1.82) is 0 Å². The molecule has 2 amide bonds. The SMILES string of the molecule is CCCCC(CC)C(=O)Nc1ccc(C2SCC(=O)N2c2cc(C)ccc2F)cc1. The van der Waals surface area contributed by atoms with Crippen LogP contribution in [0.5, 0.6) is 0 Å². The molecule has 0 saturated carbocycles. The maximum absolute atomic E-state index is 14.4. The number of aryl methyl sites for hydroxylation is 1. The number of amides is 2. The smallest absolute Gasteiger partial charge is 0.238 e. The number of hydrogen-bond acceptors (Lipinski definition) is 3. The fourth-order valence-corrected chi connectivity index (χ4v) is 4.85. The van der Waals surface area contributed by atoms with Crippen LogP contribution in [0.2, 0.25) is 0 Å². The minimum absolute atomic E-state index is 0.0208. The lowest BCUT2D eigenvalue weighted by molar-refractivity contribution is -0.120. The Balaban J connectivity index is 1.75. The van der Waals surface area contributed by atoms with Crippen LogP contribution in [-0.4, -0.2) is 17.6 Å². The molecule has 2 atom stereocenters. The minimum atomic E-state index is -0.400. The van der Waals surface area contributed by atoms with Crippen LogP contribution >= 0.6 is 11.8 Å². The fourth-order valence-electron chi connectivity index (χ4n) is 3.68. The molecule has 6 heteroatoms. The summed E-state index contributed by atoms with van der Waals surface area (Å²) >= 11 is 1.48. The number of carbonyl (C=O) groups excluding carboxylic acids is 2. The predicted octanol–water partition coefficient (Wildman–Crippen LogP) is 6.07. The second-order valence-electron chi connectivity index (χ2n) is 7.74. The molecule has 0 radical (unpaired) electrons. The molecule has 30 heavy (non-hydrogen) atoms. The van der Waals surface area contributed by atoms with Crippen LogP contribution in [0.1, 0.15) is 56.0 Å². The molecule has 0 spiro atoms. The van der Waals surface area contributed by atoms with Crippen molar-refractivity contribution in [1.82, 2.24) is 0 Å². The molecule has 1 aliphatic heterocycles. The zero-order valence-corrected chi connectivity index (χ0v) is 18.6. The fraction of sp³-hybridized carbons (Fsp3) is 0.417. The quantitative estimate of drug-likeness (QED) is 0.555. The lowest BCUT2D eigenvalue weighted by Gasteiger charge is -2.25. The number of anilines is 2. The number of nitrogens with zero attached hydrogens (tertiary/aromatic N) is 1. The molecular weight excluding hydrogens is 399 g/mol. The van der Waals surface area contributed by atoms with Crippen molar-refractivity contribution in [3.63, 3.8) is 0 Å². The first-order valence-electron chi connectivity index (χ1n) is 10.5. The molecule has 0 aliphatic carbocycles. The highest BCUT2D eigenvalue weighted by molar-refractivity contribution is 8.00. The Bertz CT molecular complexity index is 901. The summed E-state index contributed by atoms with van der Waals surface area (Å²) in [6.07, 6.45) is 3.84. The summed E-state index contributed by atoms with van der Waals surface area (Å²) in [7, 11) is 0. The van der Waals surface area contributed by atoms with Crippen LogP contribution in [0.4, 0.5) is 15.8 Å². The van der Waals surface area contributed by atoms with Gasteiger partial charge in [0.25, 0.3) is 0 Å². The summed E-state index contributed by atoms with van der Waals surface area (Å²) in [5.41, 5.74) is 2.86. The Morgan fingerprint density at radius 3 is 2.63 bits per heavy atom. The number of nitrogens with one attached hydrogen (secondary N) is 1. The van der Waals surface area contributed by atoms with Gasteiger partial charge in [0.05, 0.1) is 11.4 Å². The second-order valence-corrected chi connectivity index (χ2v) is 8.81. The lowest BCUT2D eigenvalue weighted by atomic mass is 9.98. The summed E-state index contributed by atoms with van der Waals surface area (Å²) in [5, 5.41) is 2.72. The van der Waals surface area contributed by atoms with E-state index in [2.05, 4.69) is 12.2 Å². The van der Waals surface area contributed by atoms with Gasteiger partial charge >= 0.3 is 0 Å². The van der Waals surface area contributed by atoms with Crippen molar-refractivity contribution in [2.24, 2.45) is 5.92 Å². The van der Waals surface area contributed by atoms with Gasteiger partial charge in [-0.1, -0.05) is 44.9 Å². The molecule has 1 fully saturated rings. The van der Waals surface area contributed by atoms with Crippen LogP contribution in [0, 0.1) is 18.7 Å². The van der Waals surface area contributed by atoms with Crippen LogP contribution < -0.4 is 10.2 Å². The van der Waals surface area contributed by atoms with Gasteiger partial charge in [0.2, 0.25) is 11.8 Å². The molecule has 1 saturated heterocycles. The van der Waals surface area contributed by atoms with E-state index in [9.17, 15) is 14.0 Å². The zero-order valence-electron chi connectivity index (χ0n) is 17.8. The minimum Gasteiger partial charge on any atom is -0.326 e. The third-order valence-electron chi connectivity index (χ3n) is 5.46. The van der Waals surface area contributed by atoms with E-state index in [1.165, 1.54) is 17.8 Å². The monoisotopic (exact) mass is 428 g/mol. The van der Waals surface area contributed by atoms with Crippen molar-refractivity contribution in [2.45, 2.75) is 51.8 Å². The molecule has 1 heterocycles. The average molecular weight is 429 g/mol. The first-order valence-corrected chi connectivity index (χ1v) is 11.6. The number of thioether (sulfide) groups is 1. The van der Waals surface area contributed by atoms with E-state index >= 15 is 0 Å². The van der Waals surface area contributed by atoms with Gasteiger partial charge in [0.1, 0.15) is 11.2 Å². The Kier molecular flexibility index (Phi) is 7.53. The van der Waals surface area contributed by atoms with Gasteiger partial charge in [-0.15, -0.1) is 11.8 Å². The first-order chi connectivity index (χ1) is 14.4. The standard InChI is InChI=1S/C24H29FN2O2S/c1-4-6-7-17(5-2)23(29)26-19-11-9-18(10-12-19)24-27(22(28)15-30-24)21-14-16(3)8-13-20(21)25/h8-14,17,24H,4-7,15H2,1-3H3,(H,26,29). The molecule has 160 valence electrons. The number of benzene rings is 2. The Hall–Kier alpha value is -2.34. The van der Waals surface area contributed by atoms with Crippen molar-refractivity contribution in [3.05, 3.63) is 59.4 Å². The highest BCUT2D eigenvalue weighted by atomic mass is 32.2. The van der Waals surface area contributed by atoms with Gasteiger partial charge in [-0.25, -0.2) is 4.39 Å². The Morgan fingerprint density at radius 1 is 1.23 bits per heavy atom. The lowest BCUT2D eigenvalue weighted by Crippen LogP contribution is -2.28. The van der Waals surface area contributed by atoms with E-state index in [0.717, 1.165) is 42.5 Å². The van der Waals surface area contributed by atoms with Gasteiger partial charge < -0.3 is 5.32 Å². The molecule has 0 bridgehead atoms. The highest BCUT2D eigenvalue weighted by Gasteiger charge is 2.35. The van der Waals surface area contributed by atoms with E-state index in [1.54, 1.807) is 17.0 Å². The van der Waals surface area contributed by atoms with E-state index in [1.807, 2.05) is 38.1 Å². The average Bonchev–Trinajstić information content (AvgIpc) is 3.12. The molecule has 4 nitrogen and oxygen atoms in total. The number of rotatable bonds is 8. The molecule has 0 aromatic heterocycles. The van der Waals surface area contributed by atoms with Gasteiger partial charge in [-0.3, -0.25) is 14.5 Å². The van der Waals surface area contributed by atoms with Crippen LogP contribution in [0.25, 0.3) is 0 Å². The van der Waals surface area contributed by atoms with Crippen molar-refractivity contribution in [2.75, 3.05) is 16.0 Å².